The Balaban J connectivity index is 1.27. The maximum Gasteiger partial charge on any atom is 0.281 e. The van der Waals surface area contributed by atoms with Crippen LogP contribution in [-0.4, -0.2) is 53.7 Å². The molecule has 5 rings (SSSR count). The number of aliphatic hydroxyl groups is 1. The van der Waals surface area contributed by atoms with Gasteiger partial charge in [0.05, 0.1) is 12.1 Å². The quantitative estimate of drug-likeness (QED) is 0.402. The van der Waals surface area contributed by atoms with Gasteiger partial charge >= 0.3 is 0 Å². The molecule has 1 fully saturated rings. The Morgan fingerprint density at radius 1 is 1.05 bits per heavy atom. The number of hydrogen-bond acceptors (Lipinski definition) is 6. The third-order valence-corrected chi connectivity index (χ3v) is 7.22. The number of fused-ring (bicyclic) bond motifs is 1. The number of likely N-dealkylation sites (tertiary alicyclic amines) is 1. The van der Waals surface area contributed by atoms with E-state index in [0.717, 1.165) is 16.8 Å². The lowest BCUT2D eigenvalue weighted by atomic mass is 9.91. The molecule has 1 aliphatic heterocycles. The number of rotatable bonds is 7. The first-order valence-electron chi connectivity index (χ1n) is 12.6. The SMILES string of the molecule is Cc1nc2c(=O)n(CC3(O)CCN(C(=O)CCc4ccccc4)CC3)cnc2n1-c1ccc(CN)cc1. The molecule has 2 aromatic carbocycles. The van der Waals surface area contributed by atoms with Gasteiger partial charge in [0, 0.05) is 31.7 Å². The Labute approximate surface area is 215 Å². The van der Waals surface area contributed by atoms with Gasteiger partial charge in [0.2, 0.25) is 5.91 Å². The maximum absolute atomic E-state index is 13.3. The molecule has 9 heteroatoms. The van der Waals surface area contributed by atoms with Gasteiger partial charge in [-0.2, -0.15) is 0 Å². The minimum atomic E-state index is -1.09. The smallest absolute Gasteiger partial charge is 0.281 e. The fourth-order valence-electron chi connectivity index (χ4n) is 5.00. The molecule has 192 valence electrons. The largest absolute Gasteiger partial charge is 0.388 e. The highest BCUT2D eigenvalue weighted by atomic mass is 16.3. The molecule has 37 heavy (non-hydrogen) atoms. The second kappa shape index (κ2) is 10.3. The second-order valence-corrected chi connectivity index (χ2v) is 9.81. The zero-order valence-electron chi connectivity index (χ0n) is 21.0. The van der Waals surface area contributed by atoms with Crippen LogP contribution in [0.3, 0.4) is 0 Å². The molecule has 0 saturated carbocycles. The van der Waals surface area contributed by atoms with E-state index in [0.29, 0.717) is 56.8 Å². The van der Waals surface area contributed by atoms with Crippen molar-refractivity contribution in [2.45, 2.75) is 51.3 Å². The van der Waals surface area contributed by atoms with Crippen molar-refractivity contribution in [2.75, 3.05) is 13.1 Å². The first-order valence-corrected chi connectivity index (χ1v) is 12.6. The molecule has 1 saturated heterocycles. The highest BCUT2D eigenvalue weighted by molar-refractivity contribution is 5.76. The summed E-state index contributed by atoms with van der Waals surface area (Å²) in [5, 5.41) is 11.3. The van der Waals surface area contributed by atoms with Crippen LogP contribution in [0, 0.1) is 6.92 Å². The van der Waals surface area contributed by atoms with E-state index in [4.69, 9.17) is 5.73 Å². The third-order valence-electron chi connectivity index (χ3n) is 7.22. The summed E-state index contributed by atoms with van der Waals surface area (Å²) >= 11 is 0. The van der Waals surface area contributed by atoms with Gasteiger partial charge in [-0.3, -0.25) is 18.7 Å². The van der Waals surface area contributed by atoms with Crippen molar-refractivity contribution < 1.29 is 9.90 Å². The standard InChI is InChI=1S/C28H32N6O3/c1-20-31-25-26(34(20)23-10-7-22(17-29)8-11-23)30-19-33(27(25)36)18-28(37)13-15-32(16-14-28)24(35)12-9-21-5-3-2-4-6-21/h2-8,10-11,19,37H,9,12-18,29H2,1H3. The number of nitrogens with two attached hydrogens (primary N) is 1. The Morgan fingerprint density at radius 2 is 1.76 bits per heavy atom. The van der Waals surface area contributed by atoms with Crippen LogP contribution in [0.1, 0.15) is 36.2 Å². The Bertz CT molecular complexity index is 1450. The van der Waals surface area contributed by atoms with Crippen LogP contribution >= 0.6 is 0 Å². The van der Waals surface area contributed by atoms with Crippen molar-refractivity contribution in [2.24, 2.45) is 5.73 Å². The molecule has 1 amide bonds. The number of nitrogens with zero attached hydrogens (tertiary/aromatic N) is 5. The van der Waals surface area contributed by atoms with E-state index < -0.39 is 5.60 Å². The van der Waals surface area contributed by atoms with Crippen molar-refractivity contribution in [1.29, 1.82) is 0 Å². The van der Waals surface area contributed by atoms with E-state index in [-0.39, 0.29) is 23.5 Å². The minimum absolute atomic E-state index is 0.0895. The number of piperidine rings is 1. The van der Waals surface area contributed by atoms with Gasteiger partial charge in [0.15, 0.2) is 11.2 Å². The highest BCUT2D eigenvalue weighted by Gasteiger charge is 2.34. The average Bonchev–Trinajstić information content (AvgIpc) is 3.26. The predicted octanol–water partition coefficient (Wildman–Crippen LogP) is 2.34. The fraction of sp³-hybridized carbons (Fsp3) is 0.357. The number of imidazole rings is 1. The van der Waals surface area contributed by atoms with E-state index in [1.54, 1.807) is 0 Å². The van der Waals surface area contributed by atoms with Gasteiger partial charge in [0.25, 0.3) is 5.56 Å². The molecule has 0 radical (unpaired) electrons. The first-order chi connectivity index (χ1) is 17.9. The summed E-state index contributed by atoms with van der Waals surface area (Å²) in [6, 6.07) is 17.7. The summed E-state index contributed by atoms with van der Waals surface area (Å²) in [4.78, 5) is 36.8. The summed E-state index contributed by atoms with van der Waals surface area (Å²) in [6.07, 6.45) is 3.42. The molecule has 0 bridgehead atoms. The summed E-state index contributed by atoms with van der Waals surface area (Å²) < 4.78 is 3.28. The number of amides is 1. The predicted molar refractivity (Wildman–Crippen MR) is 141 cm³/mol. The Kier molecular flexibility index (Phi) is 6.90. The third kappa shape index (κ3) is 5.19. The lowest BCUT2D eigenvalue weighted by Crippen LogP contribution is -2.49. The summed E-state index contributed by atoms with van der Waals surface area (Å²) in [5.74, 6) is 0.741. The fourth-order valence-corrected chi connectivity index (χ4v) is 5.00. The normalized spacial score (nSPS) is 15.3. The van der Waals surface area contributed by atoms with Crippen molar-refractivity contribution in [3.05, 3.63) is 88.2 Å². The molecule has 2 aromatic heterocycles. The van der Waals surface area contributed by atoms with Crippen LogP contribution in [0.25, 0.3) is 16.9 Å². The zero-order valence-corrected chi connectivity index (χ0v) is 21.0. The number of hydrogen-bond donors (Lipinski definition) is 2. The maximum atomic E-state index is 13.3. The van der Waals surface area contributed by atoms with Gasteiger partial charge in [-0.15, -0.1) is 0 Å². The van der Waals surface area contributed by atoms with E-state index in [2.05, 4.69) is 9.97 Å². The molecule has 1 aliphatic rings. The molecule has 9 nitrogen and oxygen atoms in total. The number of aromatic nitrogens is 4. The van der Waals surface area contributed by atoms with Crippen molar-refractivity contribution in [3.63, 3.8) is 0 Å². The van der Waals surface area contributed by atoms with Crippen LogP contribution in [0.4, 0.5) is 0 Å². The Morgan fingerprint density at radius 3 is 2.43 bits per heavy atom. The number of carbonyl (C=O) groups is 1. The van der Waals surface area contributed by atoms with Crippen LogP contribution in [-0.2, 0) is 24.3 Å². The van der Waals surface area contributed by atoms with Crippen LogP contribution < -0.4 is 11.3 Å². The first kappa shape index (κ1) is 24.9. The van der Waals surface area contributed by atoms with Gasteiger partial charge in [-0.05, 0) is 49.4 Å². The molecule has 3 heterocycles. The molecule has 0 aliphatic carbocycles. The Hall–Kier alpha value is -3.82. The summed E-state index contributed by atoms with van der Waals surface area (Å²) in [5.41, 5.74) is 8.06. The van der Waals surface area contributed by atoms with Crippen LogP contribution in [0.5, 0.6) is 0 Å². The monoisotopic (exact) mass is 500 g/mol. The van der Waals surface area contributed by atoms with Crippen molar-refractivity contribution in [3.8, 4) is 5.69 Å². The second-order valence-electron chi connectivity index (χ2n) is 9.81. The molecule has 3 N–H and O–H groups in total. The molecular formula is C28H32N6O3. The average molecular weight is 501 g/mol. The molecule has 4 aromatic rings. The number of benzene rings is 2. The molecule has 0 unspecified atom stereocenters. The number of aryl methyl sites for hydroxylation is 2. The summed E-state index contributed by atoms with van der Waals surface area (Å²) in [6.45, 7) is 3.32. The van der Waals surface area contributed by atoms with E-state index in [1.807, 2.05) is 71.0 Å². The van der Waals surface area contributed by atoms with Gasteiger partial charge in [-0.1, -0.05) is 42.5 Å². The highest BCUT2D eigenvalue weighted by Crippen LogP contribution is 2.25. The van der Waals surface area contributed by atoms with E-state index in [1.165, 1.54) is 10.9 Å². The van der Waals surface area contributed by atoms with Gasteiger partial charge in [0.1, 0.15) is 12.2 Å². The van der Waals surface area contributed by atoms with Crippen LogP contribution in [0.15, 0.2) is 65.7 Å². The van der Waals surface area contributed by atoms with E-state index >= 15 is 0 Å². The zero-order chi connectivity index (χ0) is 26.0. The minimum Gasteiger partial charge on any atom is -0.388 e. The summed E-state index contributed by atoms with van der Waals surface area (Å²) in [7, 11) is 0. The number of carbonyl (C=O) groups excluding carboxylic acids is 1. The topological polar surface area (TPSA) is 119 Å². The van der Waals surface area contributed by atoms with Crippen molar-refractivity contribution in [1.82, 2.24) is 24.0 Å². The van der Waals surface area contributed by atoms with Crippen molar-refractivity contribution >= 4 is 17.1 Å². The van der Waals surface area contributed by atoms with Gasteiger partial charge < -0.3 is 15.7 Å². The molecule has 0 atom stereocenters. The van der Waals surface area contributed by atoms with E-state index in [9.17, 15) is 14.7 Å². The molecular weight excluding hydrogens is 468 g/mol. The lowest BCUT2D eigenvalue weighted by molar-refractivity contribution is -0.135. The lowest BCUT2D eigenvalue weighted by Gasteiger charge is -2.38. The molecule has 0 spiro atoms. The van der Waals surface area contributed by atoms with Gasteiger partial charge in [-0.25, -0.2) is 9.97 Å². The van der Waals surface area contributed by atoms with Crippen LogP contribution in [0.2, 0.25) is 0 Å².